The van der Waals surface area contributed by atoms with E-state index in [1.54, 1.807) is 25.3 Å². The Labute approximate surface area is 183 Å². The van der Waals surface area contributed by atoms with Gasteiger partial charge in [-0.1, -0.05) is 32.0 Å². The molecular weight excluding hydrogens is 400 g/mol. The maximum absolute atomic E-state index is 12.5. The molecule has 2 rings (SSSR count). The lowest BCUT2D eigenvalue weighted by atomic mass is 10.1. The number of amides is 1. The van der Waals surface area contributed by atoms with Crippen LogP contribution in [0.3, 0.4) is 0 Å². The Morgan fingerprint density at radius 2 is 1.83 bits per heavy atom. The Hall–Kier alpha value is -2.80. The fraction of sp³-hybridized carbons (Fsp3) is 0.391. The second-order valence-corrected chi connectivity index (χ2v) is 7.49. The minimum absolute atomic E-state index is 0.238. The first-order valence-electron chi connectivity index (χ1n) is 10.0. The van der Waals surface area contributed by atoms with E-state index >= 15 is 0 Å². The molecule has 6 nitrogen and oxygen atoms in total. The smallest absolute Gasteiger partial charge is 0.261 e. The van der Waals surface area contributed by atoms with Crippen molar-refractivity contribution in [2.45, 2.75) is 33.7 Å². The highest BCUT2D eigenvalue weighted by Crippen LogP contribution is 2.28. The third-order valence-corrected chi connectivity index (χ3v) is 4.54. The van der Waals surface area contributed by atoms with Gasteiger partial charge in [0, 0.05) is 6.54 Å². The lowest BCUT2D eigenvalue weighted by Crippen LogP contribution is -2.39. The molecule has 0 aliphatic rings. The number of para-hydroxylation sites is 1. The summed E-state index contributed by atoms with van der Waals surface area (Å²) in [6, 6.07) is 12.8. The summed E-state index contributed by atoms with van der Waals surface area (Å²) in [5.41, 5.74) is 1.39. The first kappa shape index (κ1) is 23.5. The van der Waals surface area contributed by atoms with Crippen LogP contribution in [-0.2, 0) is 6.54 Å². The lowest BCUT2D eigenvalue weighted by molar-refractivity contribution is 0.0973. The Morgan fingerprint density at radius 3 is 2.53 bits per heavy atom. The van der Waals surface area contributed by atoms with E-state index in [-0.39, 0.29) is 11.0 Å². The lowest BCUT2D eigenvalue weighted by Gasteiger charge is -2.14. The van der Waals surface area contributed by atoms with Gasteiger partial charge in [-0.2, -0.15) is 0 Å². The van der Waals surface area contributed by atoms with Crippen molar-refractivity contribution in [2.24, 2.45) is 5.92 Å². The number of benzene rings is 2. The predicted octanol–water partition coefficient (Wildman–Crippen LogP) is 4.32. The molecule has 0 heterocycles. The Balaban J connectivity index is 1.92. The minimum Gasteiger partial charge on any atom is -0.493 e. The standard InChI is InChI=1S/C23H30N2O4S/c1-5-28-19-9-7-6-8-18(19)22(26)25-23(30)24-15-17-10-11-20(21(14-17)27-4)29-13-12-16(2)3/h6-11,14,16H,5,12-13,15H2,1-4H3,(H2,24,25,26,30). The SMILES string of the molecule is CCOc1ccccc1C(=O)NC(=S)NCc1ccc(OCCC(C)C)c(OC)c1. The molecule has 0 bridgehead atoms. The predicted molar refractivity (Wildman–Crippen MR) is 122 cm³/mol. The number of carbonyl (C=O) groups excluding carboxylic acids is 1. The molecule has 162 valence electrons. The van der Waals surface area contributed by atoms with Crippen LogP contribution >= 0.6 is 12.2 Å². The van der Waals surface area contributed by atoms with Crippen LogP contribution in [0.25, 0.3) is 0 Å². The fourth-order valence-electron chi connectivity index (χ4n) is 2.68. The normalized spacial score (nSPS) is 10.4. The van der Waals surface area contributed by atoms with Gasteiger partial charge in [0.1, 0.15) is 5.75 Å². The van der Waals surface area contributed by atoms with Crippen LogP contribution in [0.4, 0.5) is 0 Å². The first-order valence-corrected chi connectivity index (χ1v) is 10.5. The molecule has 0 aliphatic heterocycles. The summed E-state index contributed by atoms with van der Waals surface area (Å²) in [6.45, 7) is 7.75. The van der Waals surface area contributed by atoms with Crippen molar-refractivity contribution < 1.29 is 19.0 Å². The molecule has 0 atom stereocenters. The van der Waals surface area contributed by atoms with Crippen LogP contribution in [0, 0.1) is 5.92 Å². The van der Waals surface area contributed by atoms with Crippen LogP contribution in [0.5, 0.6) is 17.2 Å². The van der Waals surface area contributed by atoms with E-state index in [1.165, 1.54) is 0 Å². The summed E-state index contributed by atoms with van der Waals surface area (Å²) in [5, 5.41) is 5.97. The third kappa shape index (κ3) is 7.22. The van der Waals surface area contributed by atoms with E-state index in [1.807, 2.05) is 31.2 Å². The number of hydrogen-bond donors (Lipinski definition) is 2. The maximum atomic E-state index is 12.5. The molecule has 30 heavy (non-hydrogen) atoms. The van der Waals surface area contributed by atoms with Crippen molar-refractivity contribution in [3.63, 3.8) is 0 Å². The van der Waals surface area contributed by atoms with Gasteiger partial charge < -0.3 is 19.5 Å². The van der Waals surface area contributed by atoms with Gasteiger partial charge in [-0.25, -0.2) is 0 Å². The van der Waals surface area contributed by atoms with E-state index < -0.39 is 0 Å². The van der Waals surface area contributed by atoms with Gasteiger partial charge in [-0.3, -0.25) is 10.1 Å². The van der Waals surface area contributed by atoms with Crippen LogP contribution in [-0.4, -0.2) is 31.3 Å². The van der Waals surface area contributed by atoms with Crippen molar-refractivity contribution in [1.29, 1.82) is 0 Å². The second-order valence-electron chi connectivity index (χ2n) is 7.08. The molecule has 7 heteroatoms. The van der Waals surface area contributed by atoms with Crippen molar-refractivity contribution in [1.82, 2.24) is 10.6 Å². The van der Waals surface area contributed by atoms with Crippen LogP contribution in [0.15, 0.2) is 42.5 Å². The van der Waals surface area contributed by atoms with E-state index in [9.17, 15) is 4.79 Å². The van der Waals surface area contributed by atoms with Crippen molar-refractivity contribution in [2.75, 3.05) is 20.3 Å². The van der Waals surface area contributed by atoms with Gasteiger partial charge in [-0.05, 0) is 61.3 Å². The molecule has 2 aromatic rings. The number of ether oxygens (including phenoxy) is 3. The molecule has 0 aliphatic carbocycles. The zero-order chi connectivity index (χ0) is 21.9. The summed E-state index contributed by atoms with van der Waals surface area (Å²) >= 11 is 5.27. The Morgan fingerprint density at radius 1 is 1.07 bits per heavy atom. The van der Waals surface area contributed by atoms with Gasteiger partial charge in [0.25, 0.3) is 5.91 Å². The molecule has 0 saturated heterocycles. The summed E-state index contributed by atoms with van der Waals surface area (Å²) < 4.78 is 16.7. The topological polar surface area (TPSA) is 68.8 Å². The quantitative estimate of drug-likeness (QED) is 0.547. The van der Waals surface area contributed by atoms with E-state index in [2.05, 4.69) is 24.5 Å². The zero-order valence-electron chi connectivity index (χ0n) is 18.0. The summed E-state index contributed by atoms with van der Waals surface area (Å²) in [6.07, 6.45) is 0.979. The van der Waals surface area contributed by atoms with Crippen LogP contribution < -0.4 is 24.8 Å². The second kappa shape index (κ2) is 12.0. The highest BCUT2D eigenvalue weighted by atomic mass is 32.1. The Bertz CT molecular complexity index is 855. The first-order chi connectivity index (χ1) is 14.4. The molecule has 2 aromatic carbocycles. The number of carbonyl (C=O) groups is 1. The molecular formula is C23H30N2O4S. The summed E-state index contributed by atoms with van der Waals surface area (Å²) in [7, 11) is 1.61. The van der Waals surface area contributed by atoms with Gasteiger partial charge in [-0.15, -0.1) is 0 Å². The number of nitrogens with one attached hydrogen (secondary N) is 2. The summed E-state index contributed by atoms with van der Waals surface area (Å²) in [4.78, 5) is 12.5. The molecule has 0 fully saturated rings. The highest BCUT2D eigenvalue weighted by Gasteiger charge is 2.13. The monoisotopic (exact) mass is 430 g/mol. The molecule has 0 unspecified atom stereocenters. The van der Waals surface area contributed by atoms with Crippen LogP contribution in [0.2, 0.25) is 0 Å². The summed E-state index contributed by atoms with van der Waals surface area (Å²) in [5.74, 6) is 2.17. The molecule has 0 aromatic heterocycles. The molecule has 0 radical (unpaired) electrons. The van der Waals surface area contributed by atoms with Crippen molar-refractivity contribution >= 4 is 23.2 Å². The van der Waals surface area contributed by atoms with E-state index in [4.69, 9.17) is 26.4 Å². The maximum Gasteiger partial charge on any atom is 0.261 e. The number of methoxy groups -OCH3 is 1. The van der Waals surface area contributed by atoms with Gasteiger partial charge in [0.2, 0.25) is 0 Å². The highest BCUT2D eigenvalue weighted by molar-refractivity contribution is 7.80. The zero-order valence-corrected chi connectivity index (χ0v) is 18.8. The Kier molecular flexibility index (Phi) is 9.41. The number of hydrogen-bond acceptors (Lipinski definition) is 5. The number of thiocarbonyl (C=S) groups is 1. The van der Waals surface area contributed by atoms with Gasteiger partial charge in [0.15, 0.2) is 16.6 Å². The van der Waals surface area contributed by atoms with Crippen LogP contribution in [0.1, 0.15) is 43.1 Å². The average Bonchev–Trinajstić information content (AvgIpc) is 2.73. The molecule has 1 amide bonds. The van der Waals surface area contributed by atoms with Crippen molar-refractivity contribution in [3.8, 4) is 17.2 Å². The average molecular weight is 431 g/mol. The van der Waals surface area contributed by atoms with E-state index in [0.717, 1.165) is 12.0 Å². The molecule has 0 saturated carbocycles. The fourth-order valence-corrected chi connectivity index (χ4v) is 2.84. The van der Waals surface area contributed by atoms with Gasteiger partial charge >= 0.3 is 0 Å². The minimum atomic E-state index is -0.317. The number of rotatable bonds is 10. The molecule has 0 spiro atoms. The van der Waals surface area contributed by atoms with Crippen molar-refractivity contribution in [3.05, 3.63) is 53.6 Å². The largest absolute Gasteiger partial charge is 0.493 e. The van der Waals surface area contributed by atoms with E-state index in [0.29, 0.717) is 48.5 Å². The van der Waals surface area contributed by atoms with Gasteiger partial charge in [0.05, 0.1) is 25.9 Å². The third-order valence-electron chi connectivity index (χ3n) is 4.29. The molecule has 2 N–H and O–H groups in total.